The molecular formula is C25H32N4O3. The van der Waals surface area contributed by atoms with Crippen molar-refractivity contribution in [3.05, 3.63) is 48.5 Å². The van der Waals surface area contributed by atoms with Crippen LogP contribution in [0.1, 0.15) is 33.1 Å². The first-order valence-electron chi connectivity index (χ1n) is 11.2. The predicted octanol–water partition coefficient (Wildman–Crippen LogP) is 3.58. The van der Waals surface area contributed by atoms with Gasteiger partial charge in [0.25, 0.3) is 0 Å². The van der Waals surface area contributed by atoms with Crippen LogP contribution in [0, 0.1) is 0 Å². The van der Waals surface area contributed by atoms with Gasteiger partial charge in [-0.15, -0.1) is 0 Å². The van der Waals surface area contributed by atoms with Gasteiger partial charge in [-0.1, -0.05) is 24.3 Å². The molecule has 1 aliphatic rings. The number of benzene rings is 2. The molecule has 3 rings (SSSR count). The average Bonchev–Trinajstić information content (AvgIpc) is 2.77. The van der Waals surface area contributed by atoms with E-state index in [2.05, 4.69) is 15.5 Å². The van der Waals surface area contributed by atoms with E-state index in [1.807, 2.05) is 53.4 Å². The Kier molecular flexibility index (Phi) is 8.39. The lowest BCUT2D eigenvalue weighted by molar-refractivity contribution is -0.130. The SMILES string of the molecule is CC(=O)Nc1cccc(-c2ccc(NC(=O)CCCCN3CCN(C(C)=O)CC3)cc2)c1. The van der Waals surface area contributed by atoms with Gasteiger partial charge in [-0.2, -0.15) is 0 Å². The second kappa shape index (κ2) is 11.4. The van der Waals surface area contributed by atoms with Crippen molar-refractivity contribution in [3.8, 4) is 11.1 Å². The van der Waals surface area contributed by atoms with Crippen molar-refractivity contribution in [2.75, 3.05) is 43.4 Å². The van der Waals surface area contributed by atoms with Gasteiger partial charge >= 0.3 is 0 Å². The van der Waals surface area contributed by atoms with E-state index >= 15 is 0 Å². The molecule has 7 heteroatoms. The number of amides is 3. The van der Waals surface area contributed by atoms with Crippen LogP contribution in [0.25, 0.3) is 11.1 Å². The highest BCUT2D eigenvalue weighted by Gasteiger charge is 2.17. The summed E-state index contributed by atoms with van der Waals surface area (Å²) in [5.74, 6) is 0.0652. The fraction of sp³-hybridized carbons (Fsp3) is 0.400. The van der Waals surface area contributed by atoms with Crippen LogP contribution in [-0.4, -0.2) is 60.2 Å². The first-order chi connectivity index (χ1) is 15.4. The Hall–Kier alpha value is -3.19. The normalized spacial score (nSPS) is 14.1. The molecule has 1 aliphatic heterocycles. The molecule has 0 atom stereocenters. The van der Waals surface area contributed by atoms with Crippen LogP contribution in [0.15, 0.2) is 48.5 Å². The molecule has 1 saturated heterocycles. The van der Waals surface area contributed by atoms with Crippen molar-refractivity contribution in [1.29, 1.82) is 0 Å². The maximum atomic E-state index is 12.3. The van der Waals surface area contributed by atoms with E-state index in [9.17, 15) is 14.4 Å². The van der Waals surface area contributed by atoms with E-state index in [4.69, 9.17) is 0 Å². The molecule has 1 heterocycles. The zero-order chi connectivity index (χ0) is 22.9. The summed E-state index contributed by atoms with van der Waals surface area (Å²) in [6.07, 6.45) is 2.30. The Balaban J connectivity index is 1.39. The van der Waals surface area contributed by atoms with Gasteiger partial charge in [0.05, 0.1) is 0 Å². The summed E-state index contributed by atoms with van der Waals surface area (Å²) in [6.45, 7) is 7.48. The quantitative estimate of drug-likeness (QED) is 0.620. The summed E-state index contributed by atoms with van der Waals surface area (Å²) in [7, 11) is 0. The molecule has 2 N–H and O–H groups in total. The van der Waals surface area contributed by atoms with Crippen LogP contribution >= 0.6 is 0 Å². The van der Waals surface area contributed by atoms with E-state index < -0.39 is 0 Å². The molecule has 0 radical (unpaired) electrons. The summed E-state index contributed by atoms with van der Waals surface area (Å²) in [4.78, 5) is 39.1. The Morgan fingerprint density at radius 3 is 2.19 bits per heavy atom. The Labute approximate surface area is 189 Å². The largest absolute Gasteiger partial charge is 0.340 e. The molecule has 0 bridgehead atoms. The average molecular weight is 437 g/mol. The third-order valence-corrected chi connectivity index (χ3v) is 5.63. The minimum atomic E-state index is -0.101. The third kappa shape index (κ3) is 7.20. The molecular weight excluding hydrogens is 404 g/mol. The van der Waals surface area contributed by atoms with Crippen LogP contribution in [-0.2, 0) is 14.4 Å². The second-order valence-corrected chi connectivity index (χ2v) is 8.19. The number of unbranched alkanes of at least 4 members (excludes halogenated alkanes) is 1. The summed E-state index contributed by atoms with van der Waals surface area (Å²) in [6, 6.07) is 15.4. The lowest BCUT2D eigenvalue weighted by Crippen LogP contribution is -2.48. The van der Waals surface area contributed by atoms with E-state index in [0.29, 0.717) is 6.42 Å². The van der Waals surface area contributed by atoms with Crippen molar-refractivity contribution >= 4 is 29.1 Å². The first kappa shape index (κ1) is 23.5. The van der Waals surface area contributed by atoms with Gasteiger partial charge in [0.1, 0.15) is 0 Å². The summed E-state index contributed by atoms with van der Waals surface area (Å²) in [5, 5.41) is 5.75. The minimum absolute atomic E-state index is 0.0202. The van der Waals surface area contributed by atoms with Gasteiger partial charge < -0.3 is 15.5 Å². The first-order valence-corrected chi connectivity index (χ1v) is 11.2. The maximum absolute atomic E-state index is 12.3. The summed E-state index contributed by atoms with van der Waals surface area (Å²) < 4.78 is 0. The predicted molar refractivity (Wildman–Crippen MR) is 127 cm³/mol. The molecule has 0 unspecified atom stereocenters. The molecule has 3 amide bonds. The molecule has 0 aliphatic carbocycles. The fourth-order valence-electron chi connectivity index (χ4n) is 3.86. The Morgan fingerprint density at radius 2 is 1.53 bits per heavy atom. The van der Waals surface area contributed by atoms with Crippen LogP contribution in [0.3, 0.4) is 0 Å². The highest BCUT2D eigenvalue weighted by Crippen LogP contribution is 2.24. The number of carbonyl (C=O) groups is 3. The van der Waals surface area contributed by atoms with E-state index in [1.165, 1.54) is 6.92 Å². The smallest absolute Gasteiger partial charge is 0.224 e. The van der Waals surface area contributed by atoms with Gasteiger partial charge in [-0.25, -0.2) is 0 Å². The molecule has 1 fully saturated rings. The Bertz CT molecular complexity index is 934. The van der Waals surface area contributed by atoms with Crippen LogP contribution in [0.4, 0.5) is 11.4 Å². The van der Waals surface area contributed by atoms with Crippen molar-refractivity contribution < 1.29 is 14.4 Å². The molecule has 32 heavy (non-hydrogen) atoms. The van der Waals surface area contributed by atoms with E-state index in [-0.39, 0.29) is 17.7 Å². The number of carbonyl (C=O) groups excluding carboxylic acids is 3. The second-order valence-electron chi connectivity index (χ2n) is 8.19. The summed E-state index contributed by atoms with van der Waals surface area (Å²) >= 11 is 0. The molecule has 0 spiro atoms. The molecule has 2 aromatic rings. The van der Waals surface area contributed by atoms with Crippen molar-refractivity contribution in [3.63, 3.8) is 0 Å². The lowest BCUT2D eigenvalue weighted by Gasteiger charge is -2.34. The molecule has 2 aromatic carbocycles. The fourth-order valence-corrected chi connectivity index (χ4v) is 3.86. The zero-order valence-corrected chi connectivity index (χ0v) is 18.9. The number of nitrogens with one attached hydrogen (secondary N) is 2. The molecule has 0 aromatic heterocycles. The number of rotatable bonds is 8. The molecule has 170 valence electrons. The number of nitrogens with zero attached hydrogens (tertiary/aromatic N) is 2. The number of anilines is 2. The number of hydrogen-bond acceptors (Lipinski definition) is 4. The number of piperazine rings is 1. The van der Waals surface area contributed by atoms with Crippen molar-refractivity contribution in [1.82, 2.24) is 9.80 Å². The highest BCUT2D eigenvalue weighted by molar-refractivity contribution is 5.91. The standard InChI is InChI=1S/C25H32N4O3/c1-19(30)26-24-7-5-6-22(18-24)21-9-11-23(12-10-21)27-25(32)8-3-4-13-28-14-16-29(17-15-28)20(2)31/h5-7,9-12,18H,3-4,8,13-17H2,1-2H3,(H,26,30)(H,27,32). The van der Waals surface area contributed by atoms with Gasteiger partial charge in [0.2, 0.25) is 17.7 Å². The van der Waals surface area contributed by atoms with Gasteiger partial charge in [-0.3, -0.25) is 19.3 Å². The highest BCUT2D eigenvalue weighted by atomic mass is 16.2. The van der Waals surface area contributed by atoms with Crippen molar-refractivity contribution in [2.24, 2.45) is 0 Å². The van der Waals surface area contributed by atoms with Crippen LogP contribution in [0.5, 0.6) is 0 Å². The van der Waals surface area contributed by atoms with E-state index in [0.717, 1.165) is 68.1 Å². The molecule has 0 saturated carbocycles. The zero-order valence-electron chi connectivity index (χ0n) is 18.9. The van der Waals surface area contributed by atoms with Crippen LogP contribution in [0.2, 0.25) is 0 Å². The van der Waals surface area contributed by atoms with Gasteiger partial charge in [-0.05, 0) is 54.8 Å². The van der Waals surface area contributed by atoms with E-state index in [1.54, 1.807) is 6.92 Å². The lowest BCUT2D eigenvalue weighted by atomic mass is 10.0. The van der Waals surface area contributed by atoms with Gasteiger partial charge in [0.15, 0.2) is 0 Å². The monoisotopic (exact) mass is 436 g/mol. The third-order valence-electron chi connectivity index (χ3n) is 5.63. The maximum Gasteiger partial charge on any atom is 0.224 e. The van der Waals surface area contributed by atoms with Gasteiger partial charge in [0, 0.05) is 57.8 Å². The molecule has 7 nitrogen and oxygen atoms in total. The number of hydrogen-bond donors (Lipinski definition) is 2. The van der Waals surface area contributed by atoms with Crippen LogP contribution < -0.4 is 10.6 Å². The van der Waals surface area contributed by atoms with Crippen molar-refractivity contribution in [2.45, 2.75) is 33.1 Å². The topological polar surface area (TPSA) is 81.8 Å². The summed E-state index contributed by atoms with van der Waals surface area (Å²) in [5.41, 5.74) is 3.54. The Morgan fingerprint density at radius 1 is 0.812 bits per heavy atom. The minimum Gasteiger partial charge on any atom is -0.340 e.